The molecule has 0 atom stereocenters. The van der Waals surface area contributed by atoms with Gasteiger partial charge in [-0.25, -0.2) is 0 Å². The lowest BCUT2D eigenvalue weighted by Gasteiger charge is -2.14. The Morgan fingerprint density at radius 3 is 2.24 bits per heavy atom. The minimum absolute atomic E-state index is 0.746. The van der Waals surface area contributed by atoms with Crippen molar-refractivity contribution in [2.75, 3.05) is 38.5 Å². The number of rotatable bonds is 6. The van der Waals surface area contributed by atoms with Gasteiger partial charge in [0.15, 0.2) is 0 Å². The lowest BCUT2D eigenvalue weighted by Crippen LogP contribution is -2.08. The summed E-state index contributed by atoms with van der Waals surface area (Å²) in [6.45, 7) is 0.746. The predicted molar refractivity (Wildman–Crippen MR) is 87.6 cm³/mol. The summed E-state index contributed by atoms with van der Waals surface area (Å²) in [6.07, 6.45) is 0. The van der Waals surface area contributed by atoms with E-state index in [1.165, 1.54) is 11.3 Å². The Labute approximate surface area is 126 Å². The molecular weight excluding hydrogens is 264 g/mol. The van der Waals surface area contributed by atoms with Crippen molar-refractivity contribution in [3.05, 3.63) is 48.0 Å². The molecule has 0 saturated heterocycles. The molecule has 2 aromatic rings. The number of nitrogens with zero attached hydrogens (tertiary/aromatic N) is 1. The van der Waals surface area contributed by atoms with E-state index in [9.17, 15) is 0 Å². The molecule has 0 spiro atoms. The first-order valence-corrected chi connectivity index (χ1v) is 6.86. The van der Waals surface area contributed by atoms with E-state index in [0.29, 0.717) is 0 Å². The Hall–Kier alpha value is -2.36. The average molecular weight is 286 g/mol. The maximum absolute atomic E-state index is 5.38. The first-order chi connectivity index (χ1) is 10.1. The molecule has 0 bridgehead atoms. The van der Waals surface area contributed by atoms with Crippen LogP contribution < -0.4 is 19.7 Å². The second-order valence-electron chi connectivity index (χ2n) is 4.98. The van der Waals surface area contributed by atoms with Crippen LogP contribution in [0.1, 0.15) is 5.56 Å². The zero-order valence-corrected chi connectivity index (χ0v) is 13.0. The highest BCUT2D eigenvalue weighted by Gasteiger charge is 2.05. The topological polar surface area (TPSA) is 33.7 Å². The van der Waals surface area contributed by atoms with Crippen LogP contribution in [0.15, 0.2) is 42.5 Å². The van der Waals surface area contributed by atoms with Gasteiger partial charge in [0, 0.05) is 32.4 Å². The van der Waals surface area contributed by atoms with Crippen molar-refractivity contribution in [1.29, 1.82) is 0 Å². The Kier molecular flexibility index (Phi) is 4.93. The van der Waals surface area contributed by atoms with Gasteiger partial charge in [-0.1, -0.05) is 12.1 Å². The number of ether oxygens (including phenoxy) is 2. The highest BCUT2D eigenvalue weighted by molar-refractivity contribution is 5.59. The summed E-state index contributed by atoms with van der Waals surface area (Å²) in [5, 5.41) is 3.39. The molecule has 0 aliphatic rings. The lowest BCUT2D eigenvalue weighted by atomic mass is 10.2. The Balaban J connectivity index is 2.05. The van der Waals surface area contributed by atoms with Crippen molar-refractivity contribution in [3.8, 4) is 11.5 Å². The van der Waals surface area contributed by atoms with Crippen LogP contribution in [0.25, 0.3) is 0 Å². The summed E-state index contributed by atoms with van der Waals surface area (Å²) in [5.41, 5.74) is 3.37. The van der Waals surface area contributed by atoms with E-state index < -0.39 is 0 Å². The van der Waals surface area contributed by atoms with E-state index >= 15 is 0 Å². The monoisotopic (exact) mass is 286 g/mol. The molecule has 0 amide bonds. The van der Waals surface area contributed by atoms with Crippen molar-refractivity contribution in [2.45, 2.75) is 6.54 Å². The SMILES string of the molecule is COc1ccc(NCc2ccc(N(C)C)cc2)c(OC)c1. The molecule has 0 radical (unpaired) electrons. The smallest absolute Gasteiger partial charge is 0.145 e. The van der Waals surface area contributed by atoms with E-state index in [0.717, 1.165) is 23.7 Å². The van der Waals surface area contributed by atoms with Crippen LogP contribution >= 0.6 is 0 Å². The van der Waals surface area contributed by atoms with E-state index in [1.54, 1.807) is 14.2 Å². The second kappa shape index (κ2) is 6.88. The Morgan fingerprint density at radius 1 is 0.952 bits per heavy atom. The van der Waals surface area contributed by atoms with Gasteiger partial charge in [0.2, 0.25) is 0 Å². The molecule has 0 unspecified atom stereocenters. The van der Waals surface area contributed by atoms with Crippen LogP contribution in [0.4, 0.5) is 11.4 Å². The molecule has 112 valence electrons. The van der Waals surface area contributed by atoms with Crippen LogP contribution in [0.5, 0.6) is 11.5 Å². The summed E-state index contributed by atoms with van der Waals surface area (Å²) >= 11 is 0. The van der Waals surface area contributed by atoms with Crippen molar-refractivity contribution in [2.24, 2.45) is 0 Å². The number of hydrogen-bond donors (Lipinski definition) is 1. The fraction of sp³-hybridized carbons (Fsp3) is 0.294. The van der Waals surface area contributed by atoms with Crippen molar-refractivity contribution in [1.82, 2.24) is 0 Å². The molecular formula is C17H22N2O2. The number of methoxy groups -OCH3 is 2. The van der Waals surface area contributed by atoms with Gasteiger partial charge in [-0.15, -0.1) is 0 Å². The number of hydrogen-bond acceptors (Lipinski definition) is 4. The molecule has 0 saturated carbocycles. The number of anilines is 2. The molecule has 0 fully saturated rings. The highest BCUT2D eigenvalue weighted by Crippen LogP contribution is 2.29. The number of benzene rings is 2. The van der Waals surface area contributed by atoms with Gasteiger partial charge >= 0.3 is 0 Å². The fourth-order valence-corrected chi connectivity index (χ4v) is 2.05. The normalized spacial score (nSPS) is 10.1. The van der Waals surface area contributed by atoms with E-state index in [-0.39, 0.29) is 0 Å². The molecule has 0 aromatic heterocycles. The zero-order chi connectivity index (χ0) is 15.2. The van der Waals surface area contributed by atoms with E-state index in [4.69, 9.17) is 9.47 Å². The molecule has 21 heavy (non-hydrogen) atoms. The Morgan fingerprint density at radius 2 is 1.67 bits per heavy atom. The summed E-state index contributed by atoms with van der Waals surface area (Å²) in [4.78, 5) is 2.09. The second-order valence-corrected chi connectivity index (χ2v) is 4.98. The summed E-state index contributed by atoms with van der Waals surface area (Å²) in [7, 11) is 7.38. The van der Waals surface area contributed by atoms with Crippen LogP contribution in [-0.4, -0.2) is 28.3 Å². The quantitative estimate of drug-likeness (QED) is 0.882. The van der Waals surface area contributed by atoms with Crippen LogP contribution in [-0.2, 0) is 6.54 Å². The molecule has 1 N–H and O–H groups in total. The largest absolute Gasteiger partial charge is 0.497 e. The minimum Gasteiger partial charge on any atom is -0.497 e. The van der Waals surface area contributed by atoms with E-state index in [1.807, 2.05) is 32.3 Å². The molecule has 4 heteroatoms. The maximum atomic E-state index is 5.38. The maximum Gasteiger partial charge on any atom is 0.145 e. The third-order valence-corrected chi connectivity index (χ3v) is 3.34. The summed E-state index contributed by atoms with van der Waals surface area (Å²) in [6, 6.07) is 14.2. The fourth-order valence-electron chi connectivity index (χ4n) is 2.05. The van der Waals surface area contributed by atoms with Gasteiger partial charge in [0.25, 0.3) is 0 Å². The molecule has 4 nitrogen and oxygen atoms in total. The summed E-state index contributed by atoms with van der Waals surface area (Å²) in [5.74, 6) is 1.56. The molecule has 0 aliphatic heterocycles. The van der Waals surface area contributed by atoms with Gasteiger partial charge in [0.1, 0.15) is 11.5 Å². The Bertz CT molecular complexity index is 580. The minimum atomic E-state index is 0.746. The summed E-state index contributed by atoms with van der Waals surface area (Å²) < 4.78 is 10.6. The standard InChI is InChI=1S/C17H22N2O2/c1-19(2)14-7-5-13(6-8-14)12-18-16-10-9-15(20-3)11-17(16)21-4/h5-11,18H,12H2,1-4H3. The van der Waals surface area contributed by atoms with Gasteiger partial charge < -0.3 is 19.7 Å². The predicted octanol–water partition coefficient (Wildman–Crippen LogP) is 3.38. The molecule has 0 heterocycles. The zero-order valence-electron chi connectivity index (χ0n) is 13.0. The van der Waals surface area contributed by atoms with Gasteiger partial charge in [0.05, 0.1) is 19.9 Å². The highest BCUT2D eigenvalue weighted by atomic mass is 16.5. The van der Waals surface area contributed by atoms with E-state index in [2.05, 4.69) is 34.5 Å². The van der Waals surface area contributed by atoms with Crippen LogP contribution in [0, 0.1) is 0 Å². The first-order valence-electron chi connectivity index (χ1n) is 6.86. The van der Waals surface area contributed by atoms with Crippen LogP contribution in [0.2, 0.25) is 0 Å². The number of nitrogens with one attached hydrogen (secondary N) is 1. The van der Waals surface area contributed by atoms with Gasteiger partial charge in [-0.05, 0) is 29.8 Å². The van der Waals surface area contributed by atoms with Crippen molar-refractivity contribution < 1.29 is 9.47 Å². The van der Waals surface area contributed by atoms with Gasteiger partial charge in [-0.3, -0.25) is 0 Å². The first kappa shape index (κ1) is 15.0. The molecule has 2 rings (SSSR count). The third-order valence-electron chi connectivity index (χ3n) is 3.34. The lowest BCUT2D eigenvalue weighted by molar-refractivity contribution is 0.395. The van der Waals surface area contributed by atoms with Crippen molar-refractivity contribution in [3.63, 3.8) is 0 Å². The van der Waals surface area contributed by atoms with Crippen molar-refractivity contribution >= 4 is 11.4 Å². The van der Waals surface area contributed by atoms with Gasteiger partial charge in [-0.2, -0.15) is 0 Å². The molecule has 0 aliphatic carbocycles. The average Bonchev–Trinajstić information content (AvgIpc) is 2.53. The third kappa shape index (κ3) is 3.81. The molecule has 2 aromatic carbocycles. The van der Waals surface area contributed by atoms with Crippen LogP contribution in [0.3, 0.4) is 0 Å².